The summed E-state index contributed by atoms with van der Waals surface area (Å²) in [5.41, 5.74) is 0.114. The first kappa shape index (κ1) is 20.4. The summed E-state index contributed by atoms with van der Waals surface area (Å²) in [5.74, 6) is -1.05. The van der Waals surface area contributed by atoms with Crippen molar-refractivity contribution in [3.05, 3.63) is 84.4 Å². The van der Waals surface area contributed by atoms with E-state index in [1.165, 1.54) is 0 Å². The first-order valence-corrected chi connectivity index (χ1v) is 9.02. The van der Waals surface area contributed by atoms with Crippen molar-refractivity contribution in [1.82, 2.24) is 0 Å². The molecule has 3 unspecified atom stereocenters. The standard InChI is InChI=1S/C23H26O4/c1-5-16-23(4,27-22(25)20-14-10-7-11-15-20)17(2)18(3)26-21(24)19-12-8-6-9-13-19/h5-15,17-18H,1,16H2,2-4H3. The quantitative estimate of drug-likeness (QED) is 0.484. The van der Waals surface area contributed by atoms with Crippen LogP contribution in [-0.4, -0.2) is 23.6 Å². The van der Waals surface area contributed by atoms with Crippen LogP contribution in [0.5, 0.6) is 0 Å². The van der Waals surface area contributed by atoms with E-state index in [0.717, 1.165) is 0 Å². The van der Waals surface area contributed by atoms with Crippen molar-refractivity contribution < 1.29 is 19.1 Å². The molecule has 142 valence electrons. The zero-order valence-corrected chi connectivity index (χ0v) is 16.1. The van der Waals surface area contributed by atoms with E-state index in [1.54, 1.807) is 54.6 Å². The Hall–Kier alpha value is -2.88. The minimum absolute atomic E-state index is 0.240. The van der Waals surface area contributed by atoms with Gasteiger partial charge in [0.25, 0.3) is 0 Å². The molecular formula is C23H26O4. The van der Waals surface area contributed by atoms with Gasteiger partial charge in [-0.15, -0.1) is 6.58 Å². The van der Waals surface area contributed by atoms with E-state index < -0.39 is 23.6 Å². The Labute approximate surface area is 160 Å². The summed E-state index contributed by atoms with van der Waals surface area (Å²) in [6.07, 6.45) is 1.70. The molecule has 0 aliphatic carbocycles. The van der Waals surface area contributed by atoms with Gasteiger partial charge in [0.05, 0.1) is 11.1 Å². The van der Waals surface area contributed by atoms with Gasteiger partial charge in [-0.2, -0.15) is 0 Å². The Morgan fingerprint density at radius 3 is 1.93 bits per heavy atom. The van der Waals surface area contributed by atoms with Crippen molar-refractivity contribution in [2.75, 3.05) is 0 Å². The Kier molecular flexibility index (Phi) is 6.94. The maximum atomic E-state index is 12.5. The fraction of sp³-hybridized carbons (Fsp3) is 0.304. The largest absolute Gasteiger partial charge is 0.459 e. The van der Waals surface area contributed by atoms with Crippen molar-refractivity contribution >= 4 is 11.9 Å². The average Bonchev–Trinajstić information content (AvgIpc) is 2.68. The predicted molar refractivity (Wildman–Crippen MR) is 106 cm³/mol. The summed E-state index contributed by atoms with van der Waals surface area (Å²) in [7, 11) is 0. The van der Waals surface area contributed by atoms with E-state index in [1.807, 2.05) is 32.9 Å². The van der Waals surface area contributed by atoms with E-state index in [-0.39, 0.29) is 5.92 Å². The Balaban J connectivity index is 2.12. The maximum absolute atomic E-state index is 12.5. The summed E-state index contributed by atoms with van der Waals surface area (Å²) in [6, 6.07) is 17.7. The highest BCUT2D eigenvalue weighted by molar-refractivity contribution is 5.90. The first-order valence-electron chi connectivity index (χ1n) is 9.02. The van der Waals surface area contributed by atoms with Crippen LogP contribution >= 0.6 is 0 Å². The summed E-state index contributed by atoms with van der Waals surface area (Å²) in [5, 5.41) is 0. The molecule has 4 nitrogen and oxygen atoms in total. The third kappa shape index (κ3) is 5.30. The van der Waals surface area contributed by atoms with E-state index in [2.05, 4.69) is 6.58 Å². The second-order valence-corrected chi connectivity index (χ2v) is 6.83. The second-order valence-electron chi connectivity index (χ2n) is 6.83. The highest BCUT2D eigenvalue weighted by atomic mass is 16.6. The van der Waals surface area contributed by atoms with Gasteiger partial charge >= 0.3 is 11.9 Å². The van der Waals surface area contributed by atoms with Crippen LogP contribution in [0.2, 0.25) is 0 Å². The summed E-state index contributed by atoms with van der Waals surface area (Å²) >= 11 is 0. The lowest BCUT2D eigenvalue weighted by atomic mass is 9.83. The lowest BCUT2D eigenvalue weighted by Crippen LogP contribution is -2.44. The highest BCUT2D eigenvalue weighted by Crippen LogP contribution is 2.31. The number of benzene rings is 2. The summed E-state index contributed by atoms with van der Waals surface area (Å²) < 4.78 is 11.4. The van der Waals surface area contributed by atoms with Crippen molar-refractivity contribution in [3.8, 4) is 0 Å². The Morgan fingerprint density at radius 1 is 0.963 bits per heavy atom. The molecule has 0 fully saturated rings. The van der Waals surface area contributed by atoms with Gasteiger partial charge in [-0.05, 0) is 38.1 Å². The molecule has 3 atom stereocenters. The van der Waals surface area contributed by atoms with Crippen LogP contribution in [0.3, 0.4) is 0 Å². The molecule has 0 saturated carbocycles. The third-order valence-electron chi connectivity index (χ3n) is 4.85. The minimum atomic E-state index is -0.856. The number of carbonyl (C=O) groups is 2. The van der Waals surface area contributed by atoms with Crippen LogP contribution in [0.15, 0.2) is 73.3 Å². The molecule has 0 aliphatic rings. The number of hydrogen-bond acceptors (Lipinski definition) is 4. The normalized spacial score (nSPS) is 15.1. The summed E-state index contributed by atoms with van der Waals surface area (Å²) in [4.78, 5) is 24.9. The van der Waals surface area contributed by atoms with Crippen molar-refractivity contribution in [1.29, 1.82) is 0 Å². The molecule has 2 aromatic rings. The molecule has 0 aliphatic heterocycles. The van der Waals surface area contributed by atoms with Gasteiger partial charge < -0.3 is 9.47 Å². The van der Waals surface area contributed by atoms with Crippen LogP contribution < -0.4 is 0 Å². The lowest BCUT2D eigenvalue weighted by molar-refractivity contribution is -0.0703. The molecule has 0 heterocycles. The van der Waals surface area contributed by atoms with Crippen molar-refractivity contribution in [3.63, 3.8) is 0 Å². The number of carbonyl (C=O) groups excluding carboxylic acids is 2. The monoisotopic (exact) mass is 366 g/mol. The fourth-order valence-corrected chi connectivity index (χ4v) is 2.86. The molecule has 0 radical (unpaired) electrons. The lowest BCUT2D eigenvalue weighted by Gasteiger charge is -2.37. The van der Waals surface area contributed by atoms with Gasteiger partial charge in [0.2, 0.25) is 0 Å². The first-order chi connectivity index (χ1) is 12.9. The van der Waals surface area contributed by atoms with Gasteiger partial charge in [0.1, 0.15) is 11.7 Å². The van der Waals surface area contributed by atoms with E-state index >= 15 is 0 Å². The third-order valence-corrected chi connectivity index (χ3v) is 4.85. The van der Waals surface area contributed by atoms with E-state index in [4.69, 9.17) is 9.47 Å². The van der Waals surface area contributed by atoms with Crippen LogP contribution in [0, 0.1) is 5.92 Å². The SMILES string of the molecule is C=CCC(C)(OC(=O)c1ccccc1)C(C)C(C)OC(=O)c1ccccc1. The minimum Gasteiger partial charge on any atom is -0.459 e. The van der Waals surface area contributed by atoms with Gasteiger partial charge in [-0.25, -0.2) is 9.59 Å². The highest BCUT2D eigenvalue weighted by Gasteiger charge is 2.39. The molecule has 27 heavy (non-hydrogen) atoms. The fourth-order valence-electron chi connectivity index (χ4n) is 2.86. The number of rotatable bonds is 8. The molecule has 0 amide bonds. The molecule has 0 saturated heterocycles. The number of hydrogen-bond donors (Lipinski definition) is 0. The van der Waals surface area contributed by atoms with Crippen LogP contribution in [0.4, 0.5) is 0 Å². The average molecular weight is 366 g/mol. The molecule has 0 bridgehead atoms. The van der Waals surface area contributed by atoms with E-state index in [0.29, 0.717) is 17.5 Å². The Morgan fingerprint density at radius 2 is 1.44 bits per heavy atom. The Bertz CT molecular complexity index is 769. The van der Waals surface area contributed by atoms with Crippen molar-refractivity contribution in [2.24, 2.45) is 5.92 Å². The van der Waals surface area contributed by atoms with Crippen LogP contribution in [-0.2, 0) is 9.47 Å². The number of ether oxygens (including phenoxy) is 2. The summed E-state index contributed by atoms with van der Waals surface area (Å²) in [6.45, 7) is 9.33. The predicted octanol–water partition coefficient (Wildman–Crippen LogP) is 5.06. The molecule has 2 aromatic carbocycles. The molecule has 2 rings (SSSR count). The molecule has 0 N–H and O–H groups in total. The van der Waals surface area contributed by atoms with Gasteiger partial charge in [-0.1, -0.05) is 49.4 Å². The zero-order chi connectivity index (χ0) is 19.9. The molecule has 4 heteroatoms. The molecular weight excluding hydrogens is 340 g/mol. The van der Waals surface area contributed by atoms with Gasteiger partial charge in [0, 0.05) is 12.3 Å². The number of esters is 2. The molecule has 0 spiro atoms. The van der Waals surface area contributed by atoms with Crippen LogP contribution in [0.1, 0.15) is 47.9 Å². The van der Waals surface area contributed by atoms with Crippen molar-refractivity contribution in [2.45, 2.75) is 38.9 Å². The maximum Gasteiger partial charge on any atom is 0.338 e. The van der Waals surface area contributed by atoms with E-state index in [9.17, 15) is 9.59 Å². The molecule has 0 aromatic heterocycles. The smallest absolute Gasteiger partial charge is 0.338 e. The zero-order valence-electron chi connectivity index (χ0n) is 16.1. The topological polar surface area (TPSA) is 52.6 Å². The van der Waals surface area contributed by atoms with Gasteiger partial charge in [-0.3, -0.25) is 0 Å². The second kappa shape index (κ2) is 9.17. The van der Waals surface area contributed by atoms with Gasteiger partial charge in [0.15, 0.2) is 0 Å². The van der Waals surface area contributed by atoms with Crippen LogP contribution in [0.25, 0.3) is 0 Å².